The smallest absolute Gasteiger partial charge is 0.132 e. The van der Waals surface area contributed by atoms with Crippen molar-refractivity contribution in [2.24, 2.45) is 4.99 Å². The Hall–Kier alpha value is -6.95. The third-order valence-corrected chi connectivity index (χ3v) is 11.4. The molecule has 5 heteroatoms. The lowest BCUT2D eigenvalue weighted by molar-refractivity contribution is 0.152. The van der Waals surface area contributed by atoms with E-state index in [-0.39, 0.29) is 12.3 Å². The van der Waals surface area contributed by atoms with Gasteiger partial charge in [-0.15, -0.1) is 0 Å². The summed E-state index contributed by atoms with van der Waals surface area (Å²) in [7, 11) is 2.17. The second kappa shape index (κ2) is 12.6. The highest BCUT2D eigenvalue weighted by Gasteiger charge is 2.31. The van der Waals surface area contributed by atoms with E-state index in [1.54, 1.807) is 0 Å². The van der Waals surface area contributed by atoms with Gasteiger partial charge in [-0.1, -0.05) is 146 Å². The Morgan fingerprint density at radius 1 is 0.455 bits per heavy atom. The number of benzene rings is 8. The SMILES string of the molecule is CN1C(c2cccc(-n3c4ccccc4c4ccc5c(ccc6c5c5ccccc5n6-c5ccccc5)c43)c2)N=C(c2ccccc2)NC1c1ccccc1. The van der Waals surface area contributed by atoms with Crippen LogP contribution in [0.4, 0.5) is 0 Å². The molecule has 1 aliphatic rings. The van der Waals surface area contributed by atoms with Gasteiger partial charge in [-0.3, -0.25) is 4.90 Å². The van der Waals surface area contributed by atoms with Crippen LogP contribution < -0.4 is 5.32 Å². The lowest BCUT2D eigenvalue weighted by atomic mass is 10.0. The summed E-state index contributed by atoms with van der Waals surface area (Å²) in [5, 5.41) is 11.2. The Morgan fingerprint density at radius 3 is 1.82 bits per heavy atom. The molecule has 55 heavy (non-hydrogen) atoms. The summed E-state index contributed by atoms with van der Waals surface area (Å²) in [6.07, 6.45) is -0.268. The van der Waals surface area contributed by atoms with Crippen molar-refractivity contribution in [2.45, 2.75) is 12.3 Å². The third kappa shape index (κ3) is 4.94. The Balaban J connectivity index is 1.14. The molecule has 1 aliphatic heterocycles. The van der Waals surface area contributed by atoms with Gasteiger partial charge in [-0.05, 0) is 66.0 Å². The molecule has 2 unspecified atom stereocenters. The number of hydrogen-bond donors (Lipinski definition) is 1. The molecule has 0 bridgehead atoms. The predicted octanol–water partition coefficient (Wildman–Crippen LogP) is 11.7. The summed E-state index contributed by atoms with van der Waals surface area (Å²) in [5.74, 6) is 0.893. The van der Waals surface area contributed by atoms with E-state index in [0.29, 0.717) is 0 Å². The monoisotopic (exact) mass is 707 g/mol. The van der Waals surface area contributed by atoms with E-state index in [9.17, 15) is 0 Å². The summed E-state index contributed by atoms with van der Waals surface area (Å²) in [5.41, 5.74) is 10.5. The fraction of sp³-hybridized carbons (Fsp3) is 0.0600. The molecular formula is C50H37N5. The van der Waals surface area contributed by atoms with Crippen LogP contribution in [-0.4, -0.2) is 26.9 Å². The Bertz CT molecular complexity index is 3090. The van der Waals surface area contributed by atoms with E-state index >= 15 is 0 Å². The Morgan fingerprint density at radius 2 is 1.04 bits per heavy atom. The van der Waals surface area contributed by atoms with E-state index in [2.05, 4.69) is 214 Å². The van der Waals surface area contributed by atoms with E-state index in [0.717, 1.165) is 28.3 Å². The molecule has 5 nitrogen and oxygen atoms in total. The van der Waals surface area contributed by atoms with Gasteiger partial charge in [-0.25, -0.2) is 4.99 Å². The highest BCUT2D eigenvalue weighted by atomic mass is 15.4. The van der Waals surface area contributed by atoms with Crippen LogP contribution in [0.5, 0.6) is 0 Å². The van der Waals surface area contributed by atoms with Crippen LogP contribution in [0.2, 0.25) is 0 Å². The van der Waals surface area contributed by atoms with Crippen LogP contribution >= 0.6 is 0 Å². The predicted molar refractivity (Wildman–Crippen MR) is 228 cm³/mol. The van der Waals surface area contributed by atoms with Crippen LogP contribution in [0, 0.1) is 0 Å². The second-order valence-corrected chi connectivity index (χ2v) is 14.5. The van der Waals surface area contributed by atoms with Gasteiger partial charge in [0.15, 0.2) is 0 Å². The van der Waals surface area contributed by atoms with Crippen molar-refractivity contribution in [3.63, 3.8) is 0 Å². The maximum atomic E-state index is 5.39. The molecule has 10 aromatic rings. The lowest BCUT2D eigenvalue weighted by Gasteiger charge is -2.39. The minimum absolute atomic E-state index is 0.0554. The summed E-state index contributed by atoms with van der Waals surface area (Å²) in [4.78, 5) is 7.72. The highest BCUT2D eigenvalue weighted by molar-refractivity contribution is 6.28. The minimum Gasteiger partial charge on any atom is -0.350 e. The fourth-order valence-electron chi connectivity index (χ4n) is 8.92. The van der Waals surface area contributed by atoms with Crippen molar-refractivity contribution in [2.75, 3.05) is 7.05 Å². The first-order valence-electron chi connectivity index (χ1n) is 18.9. The van der Waals surface area contributed by atoms with Gasteiger partial charge in [0.25, 0.3) is 0 Å². The highest BCUT2D eigenvalue weighted by Crippen LogP contribution is 2.43. The van der Waals surface area contributed by atoms with Gasteiger partial charge in [0, 0.05) is 43.9 Å². The number of nitrogens with one attached hydrogen (secondary N) is 1. The van der Waals surface area contributed by atoms with E-state index < -0.39 is 0 Å². The minimum atomic E-state index is -0.213. The van der Waals surface area contributed by atoms with E-state index in [4.69, 9.17) is 4.99 Å². The summed E-state index contributed by atoms with van der Waals surface area (Å²) in [6, 6.07) is 67.7. The number of nitrogens with zero attached hydrogens (tertiary/aromatic N) is 4. The molecule has 0 amide bonds. The number of amidine groups is 1. The molecule has 11 rings (SSSR count). The number of para-hydroxylation sites is 3. The molecule has 3 heterocycles. The van der Waals surface area contributed by atoms with Gasteiger partial charge >= 0.3 is 0 Å². The van der Waals surface area contributed by atoms with Crippen molar-refractivity contribution in [3.8, 4) is 11.4 Å². The van der Waals surface area contributed by atoms with Crippen LogP contribution in [0.15, 0.2) is 193 Å². The van der Waals surface area contributed by atoms with Crippen molar-refractivity contribution in [1.82, 2.24) is 19.4 Å². The quantitative estimate of drug-likeness (QED) is 0.193. The number of aromatic nitrogens is 2. The Kier molecular flexibility index (Phi) is 7.22. The molecule has 0 saturated heterocycles. The first-order chi connectivity index (χ1) is 27.2. The third-order valence-electron chi connectivity index (χ3n) is 11.4. The van der Waals surface area contributed by atoms with Crippen molar-refractivity contribution < 1.29 is 0 Å². The number of aliphatic imine (C=N–C) groups is 1. The molecule has 0 spiro atoms. The molecule has 2 atom stereocenters. The van der Waals surface area contributed by atoms with E-state index in [1.807, 2.05) is 0 Å². The zero-order chi connectivity index (χ0) is 36.5. The fourth-order valence-corrected chi connectivity index (χ4v) is 8.92. The van der Waals surface area contributed by atoms with Crippen molar-refractivity contribution >= 4 is 60.2 Å². The first-order valence-corrected chi connectivity index (χ1v) is 18.9. The molecule has 0 saturated carbocycles. The van der Waals surface area contributed by atoms with Gasteiger partial charge in [0.2, 0.25) is 0 Å². The molecule has 2 aromatic heterocycles. The molecule has 8 aromatic carbocycles. The Labute approximate surface area is 319 Å². The summed E-state index contributed by atoms with van der Waals surface area (Å²) >= 11 is 0. The van der Waals surface area contributed by atoms with Crippen LogP contribution in [-0.2, 0) is 0 Å². The van der Waals surface area contributed by atoms with Gasteiger partial charge in [-0.2, -0.15) is 0 Å². The second-order valence-electron chi connectivity index (χ2n) is 14.5. The summed E-state index contributed by atoms with van der Waals surface area (Å²) in [6.45, 7) is 0. The largest absolute Gasteiger partial charge is 0.350 e. The first kappa shape index (κ1) is 31.6. The maximum absolute atomic E-state index is 5.39. The zero-order valence-electron chi connectivity index (χ0n) is 30.3. The van der Waals surface area contributed by atoms with Gasteiger partial charge in [0.05, 0.1) is 22.1 Å². The van der Waals surface area contributed by atoms with E-state index in [1.165, 1.54) is 59.9 Å². The van der Waals surface area contributed by atoms with Crippen LogP contribution in [0.3, 0.4) is 0 Å². The molecule has 0 aliphatic carbocycles. The standard InChI is InChI=1S/C50H37N5/c1-53-49(34-18-7-3-8-19-34)51-48(33-16-5-2-6-17-33)52-50(53)35-20-15-23-37(32-35)55-43-26-13-11-24-38(43)40-29-28-39-41(47(40)55)30-31-45-46(39)42-25-12-14-27-44(42)54(45)36-21-9-4-10-22-36/h2-32,49-50H,1H3,(H,51,52). The van der Waals surface area contributed by atoms with Gasteiger partial charge < -0.3 is 14.5 Å². The molecule has 0 radical (unpaired) electrons. The van der Waals surface area contributed by atoms with Crippen molar-refractivity contribution in [1.29, 1.82) is 0 Å². The lowest BCUT2D eigenvalue weighted by Crippen LogP contribution is -2.45. The van der Waals surface area contributed by atoms with Crippen molar-refractivity contribution in [3.05, 3.63) is 205 Å². The number of fused-ring (bicyclic) bond motifs is 9. The molecule has 0 fully saturated rings. The average Bonchev–Trinajstić information content (AvgIpc) is 3.78. The zero-order valence-corrected chi connectivity index (χ0v) is 30.3. The molecule has 262 valence electrons. The number of rotatable bonds is 5. The van der Waals surface area contributed by atoms with Crippen LogP contribution in [0.25, 0.3) is 65.8 Å². The topological polar surface area (TPSA) is 37.5 Å². The molecular weight excluding hydrogens is 671 g/mol. The average molecular weight is 708 g/mol. The summed E-state index contributed by atoms with van der Waals surface area (Å²) < 4.78 is 4.87. The number of hydrogen-bond acceptors (Lipinski definition) is 3. The van der Waals surface area contributed by atoms with Crippen LogP contribution in [0.1, 0.15) is 29.0 Å². The normalized spacial score (nSPS) is 16.3. The maximum Gasteiger partial charge on any atom is 0.132 e. The molecule has 1 N–H and O–H groups in total. The van der Waals surface area contributed by atoms with Gasteiger partial charge in [0.1, 0.15) is 18.2 Å².